The summed E-state index contributed by atoms with van der Waals surface area (Å²) in [6.07, 6.45) is 0.413. The molecule has 0 bridgehead atoms. The monoisotopic (exact) mass is 422 g/mol. The molecule has 5 N–H and O–H groups in total. The first-order valence-electron chi connectivity index (χ1n) is 8.31. The maximum absolute atomic E-state index is 12.8. The molecule has 0 saturated carbocycles. The van der Waals surface area contributed by atoms with Gasteiger partial charge in [-0.1, -0.05) is 25.4 Å². The summed E-state index contributed by atoms with van der Waals surface area (Å²) in [6, 6.07) is 8.01. The lowest BCUT2D eigenvalue weighted by molar-refractivity contribution is -0.124. The van der Waals surface area contributed by atoms with Crippen molar-refractivity contribution in [3.8, 4) is 0 Å². The van der Waals surface area contributed by atoms with E-state index in [2.05, 4.69) is 15.4 Å². The Balaban J connectivity index is 1.92. The zero-order valence-corrected chi connectivity index (χ0v) is 16.7. The molecular weight excluding hydrogens is 404 g/mol. The van der Waals surface area contributed by atoms with Crippen molar-refractivity contribution in [2.45, 2.75) is 25.2 Å². The first-order chi connectivity index (χ1) is 13.0. The smallest absolute Gasteiger partial charge is 0.316 e. The maximum atomic E-state index is 12.8. The van der Waals surface area contributed by atoms with Crippen LogP contribution in [0, 0.1) is 5.41 Å². The van der Waals surface area contributed by atoms with E-state index in [1.54, 1.807) is 19.9 Å². The second kappa shape index (κ2) is 6.99. The first-order valence-corrected chi connectivity index (χ1v) is 10.2. The van der Waals surface area contributed by atoms with Gasteiger partial charge in [0.15, 0.2) is 0 Å². The molecule has 0 fully saturated rings. The fourth-order valence-corrected chi connectivity index (χ4v) is 4.22. The molecular formula is C18H19ClN4O4S. The van der Waals surface area contributed by atoms with Crippen LogP contribution in [0.4, 0.5) is 21.9 Å². The van der Waals surface area contributed by atoms with Crippen molar-refractivity contribution >= 4 is 50.6 Å². The molecule has 0 atom stereocenters. The van der Waals surface area contributed by atoms with Gasteiger partial charge in [0.25, 0.3) is 10.0 Å². The molecule has 0 spiro atoms. The molecule has 10 heteroatoms. The quantitative estimate of drug-likeness (QED) is 0.602. The molecule has 28 heavy (non-hydrogen) atoms. The van der Waals surface area contributed by atoms with Crippen molar-refractivity contribution in [1.82, 2.24) is 0 Å². The van der Waals surface area contributed by atoms with Crippen molar-refractivity contribution in [3.63, 3.8) is 0 Å². The number of fused-ring (bicyclic) bond motifs is 1. The SMILES string of the molecule is CC1(C)Cc2cc(S(=O)(=O)Nc3cc(NC(N)=O)ccc3Cl)ccc2NC1=O. The molecule has 0 radical (unpaired) electrons. The molecule has 0 saturated heterocycles. The second-order valence-electron chi connectivity index (χ2n) is 7.12. The molecule has 3 amide bonds. The summed E-state index contributed by atoms with van der Waals surface area (Å²) in [5, 5.41) is 5.30. The molecule has 1 heterocycles. The molecule has 0 unspecified atom stereocenters. The molecule has 0 aromatic heterocycles. The van der Waals surface area contributed by atoms with Crippen LogP contribution in [0.2, 0.25) is 5.02 Å². The zero-order valence-electron chi connectivity index (χ0n) is 15.2. The average Bonchev–Trinajstić information content (AvgIpc) is 2.57. The number of hydrogen-bond donors (Lipinski definition) is 4. The van der Waals surface area contributed by atoms with Gasteiger partial charge in [-0.3, -0.25) is 9.52 Å². The van der Waals surface area contributed by atoms with E-state index in [4.69, 9.17) is 17.3 Å². The van der Waals surface area contributed by atoms with Crippen LogP contribution in [0.15, 0.2) is 41.3 Å². The Morgan fingerprint density at radius 2 is 1.93 bits per heavy atom. The third-order valence-corrected chi connectivity index (χ3v) is 6.05. The number of carbonyl (C=O) groups is 2. The number of carbonyl (C=O) groups excluding carboxylic acids is 2. The van der Waals surface area contributed by atoms with Crippen molar-refractivity contribution in [2.75, 3.05) is 15.4 Å². The van der Waals surface area contributed by atoms with Crippen molar-refractivity contribution < 1.29 is 18.0 Å². The number of urea groups is 1. The normalized spacial score (nSPS) is 15.3. The third kappa shape index (κ3) is 4.05. The van der Waals surface area contributed by atoms with Crippen LogP contribution in [-0.2, 0) is 21.2 Å². The molecule has 2 aromatic rings. The number of halogens is 1. The van der Waals surface area contributed by atoms with Crippen LogP contribution < -0.4 is 21.1 Å². The number of rotatable bonds is 4. The lowest BCUT2D eigenvalue weighted by Crippen LogP contribution is -2.37. The second-order valence-corrected chi connectivity index (χ2v) is 9.21. The number of nitrogens with two attached hydrogens (primary N) is 1. The number of nitrogens with one attached hydrogen (secondary N) is 3. The third-order valence-electron chi connectivity index (χ3n) is 4.36. The van der Waals surface area contributed by atoms with Crippen LogP contribution >= 0.6 is 11.6 Å². The molecule has 1 aliphatic heterocycles. The van der Waals surface area contributed by atoms with E-state index in [1.807, 2.05) is 0 Å². The van der Waals surface area contributed by atoms with Gasteiger partial charge in [-0.15, -0.1) is 0 Å². The summed E-state index contributed by atoms with van der Waals surface area (Å²) in [7, 11) is -3.96. The molecule has 8 nitrogen and oxygen atoms in total. The van der Waals surface area contributed by atoms with Gasteiger partial charge in [-0.05, 0) is 48.4 Å². The van der Waals surface area contributed by atoms with Crippen molar-refractivity contribution in [3.05, 3.63) is 47.0 Å². The number of benzene rings is 2. The van der Waals surface area contributed by atoms with Crippen LogP contribution in [-0.4, -0.2) is 20.4 Å². The fourth-order valence-electron chi connectivity index (χ4n) is 2.88. The minimum Gasteiger partial charge on any atom is -0.351 e. The molecule has 148 valence electrons. The van der Waals surface area contributed by atoms with Crippen LogP contribution in [0.25, 0.3) is 0 Å². The highest BCUT2D eigenvalue weighted by atomic mass is 35.5. The van der Waals surface area contributed by atoms with Gasteiger partial charge in [0.2, 0.25) is 5.91 Å². The number of hydrogen-bond acceptors (Lipinski definition) is 4. The lowest BCUT2D eigenvalue weighted by atomic mass is 9.81. The zero-order chi connectivity index (χ0) is 20.7. The molecule has 2 aromatic carbocycles. The first kappa shape index (κ1) is 20.0. The largest absolute Gasteiger partial charge is 0.351 e. The lowest BCUT2D eigenvalue weighted by Gasteiger charge is -2.30. The fraction of sp³-hybridized carbons (Fsp3) is 0.222. The van der Waals surface area contributed by atoms with E-state index >= 15 is 0 Å². The highest BCUT2D eigenvalue weighted by Gasteiger charge is 2.34. The van der Waals surface area contributed by atoms with Crippen LogP contribution in [0.5, 0.6) is 0 Å². The Bertz CT molecular complexity index is 1080. The average molecular weight is 423 g/mol. The standard InChI is InChI=1S/C18H19ClN4O4S/c1-18(2)9-10-7-12(4-6-14(10)22-16(18)24)28(26,27)23-15-8-11(21-17(20)25)3-5-13(15)19/h3-8,23H,9H2,1-2H3,(H,22,24)(H3,20,21,25). The van der Waals surface area contributed by atoms with Crippen LogP contribution in [0.3, 0.4) is 0 Å². The van der Waals surface area contributed by atoms with Gasteiger partial charge in [0.1, 0.15) is 0 Å². The summed E-state index contributed by atoms with van der Waals surface area (Å²) in [5.74, 6) is -0.112. The Kier molecular flexibility index (Phi) is 4.99. The molecule has 1 aliphatic rings. The Hall–Kier alpha value is -2.78. The number of anilines is 3. The van der Waals surface area contributed by atoms with Crippen molar-refractivity contribution in [2.24, 2.45) is 11.1 Å². The van der Waals surface area contributed by atoms with Gasteiger partial charge >= 0.3 is 6.03 Å². The van der Waals surface area contributed by atoms with Gasteiger partial charge in [0, 0.05) is 16.8 Å². The van der Waals surface area contributed by atoms with Crippen molar-refractivity contribution in [1.29, 1.82) is 0 Å². The minimum absolute atomic E-state index is 0.0301. The Morgan fingerprint density at radius 3 is 2.61 bits per heavy atom. The minimum atomic E-state index is -3.96. The molecule has 3 rings (SSSR count). The summed E-state index contributed by atoms with van der Waals surface area (Å²) in [5.41, 5.74) is 6.15. The van der Waals surface area contributed by atoms with E-state index in [1.165, 1.54) is 30.3 Å². The van der Waals surface area contributed by atoms with E-state index in [-0.39, 0.29) is 21.5 Å². The van der Waals surface area contributed by atoms with Gasteiger partial charge in [0.05, 0.1) is 15.6 Å². The van der Waals surface area contributed by atoms with Gasteiger partial charge in [-0.25, -0.2) is 13.2 Å². The van der Waals surface area contributed by atoms with Gasteiger partial charge < -0.3 is 16.4 Å². The summed E-state index contributed by atoms with van der Waals surface area (Å²) in [4.78, 5) is 23.1. The highest BCUT2D eigenvalue weighted by Crippen LogP contribution is 2.35. The summed E-state index contributed by atoms with van der Waals surface area (Å²) < 4.78 is 28.1. The van der Waals surface area contributed by atoms with E-state index in [9.17, 15) is 18.0 Å². The number of amides is 3. The highest BCUT2D eigenvalue weighted by molar-refractivity contribution is 7.92. The predicted molar refractivity (Wildman–Crippen MR) is 108 cm³/mol. The Morgan fingerprint density at radius 1 is 1.21 bits per heavy atom. The Labute approximate surface area is 167 Å². The topological polar surface area (TPSA) is 130 Å². The summed E-state index contributed by atoms with van der Waals surface area (Å²) in [6.45, 7) is 3.59. The van der Waals surface area contributed by atoms with Crippen LogP contribution in [0.1, 0.15) is 19.4 Å². The predicted octanol–water partition coefficient (Wildman–Crippen LogP) is 3.15. The van der Waals surface area contributed by atoms with E-state index in [0.717, 1.165) is 5.56 Å². The van der Waals surface area contributed by atoms with E-state index < -0.39 is 21.5 Å². The maximum Gasteiger partial charge on any atom is 0.316 e. The number of sulfonamides is 1. The van der Waals surface area contributed by atoms with Gasteiger partial charge in [-0.2, -0.15) is 0 Å². The molecule has 0 aliphatic carbocycles. The van der Waals surface area contributed by atoms with E-state index in [0.29, 0.717) is 17.8 Å². The number of primary amides is 1. The summed E-state index contributed by atoms with van der Waals surface area (Å²) >= 11 is 6.08.